The minimum absolute atomic E-state index is 0.00585. The third-order valence-electron chi connectivity index (χ3n) is 21.6. The summed E-state index contributed by atoms with van der Waals surface area (Å²) in [7, 11) is -1.64. The Hall–Kier alpha value is -5.78. The Kier molecular flexibility index (Phi) is 11.8. The van der Waals surface area contributed by atoms with Crippen molar-refractivity contribution in [3.05, 3.63) is 166 Å². The van der Waals surface area contributed by atoms with E-state index < -0.39 is 8.07 Å². The fourth-order valence-electron chi connectivity index (χ4n) is 16.3. The lowest BCUT2D eigenvalue weighted by atomic mass is 9.33. The van der Waals surface area contributed by atoms with Crippen LogP contribution < -0.4 is 36.3 Å². The number of fused-ring (bicyclic) bond motifs is 9. The number of hydrogen-bond acceptors (Lipinski definition) is 3. The van der Waals surface area contributed by atoms with Gasteiger partial charge in [-0.3, -0.25) is 0 Å². The normalized spacial score (nSPS) is 22.2. The minimum atomic E-state index is -1.64. The van der Waals surface area contributed by atoms with Crippen LogP contribution >= 0.6 is 0 Å². The fraction of sp³-hybridized carbons (Fsp3) is 0.440. The summed E-state index contributed by atoms with van der Waals surface area (Å²) >= 11 is 0. The van der Waals surface area contributed by atoms with Gasteiger partial charge in [-0.15, -0.1) is 0 Å². The molecule has 0 aromatic heterocycles. The Labute approximate surface area is 483 Å². The summed E-state index contributed by atoms with van der Waals surface area (Å²) in [6.45, 7) is 42.1. The molecule has 0 amide bonds. The number of nitrogens with zero attached hydrogens (tertiary/aromatic N) is 3. The van der Waals surface area contributed by atoms with E-state index in [0.29, 0.717) is 0 Å². The zero-order valence-corrected chi connectivity index (χ0v) is 52.9. The van der Waals surface area contributed by atoms with Crippen molar-refractivity contribution in [2.45, 2.75) is 212 Å². The van der Waals surface area contributed by atoms with Crippen LogP contribution in [0.4, 0.5) is 45.5 Å². The highest BCUT2D eigenvalue weighted by molar-refractivity contribution is 7.00. The maximum absolute atomic E-state index is 2.89. The van der Waals surface area contributed by atoms with Crippen molar-refractivity contribution in [3.8, 4) is 11.1 Å². The molecule has 0 bridgehead atoms. The molecule has 13 rings (SSSR count). The van der Waals surface area contributed by atoms with Gasteiger partial charge in [-0.25, -0.2) is 0 Å². The molecular weight excluding hydrogens is 982 g/mol. The lowest BCUT2D eigenvalue weighted by Crippen LogP contribution is -2.62. The number of anilines is 8. The summed E-state index contributed by atoms with van der Waals surface area (Å²) in [5.41, 5.74) is 27.5. The number of aryl methyl sites for hydroxylation is 1. The van der Waals surface area contributed by atoms with Gasteiger partial charge in [-0.05, 0) is 194 Å². The molecule has 80 heavy (non-hydrogen) atoms. The summed E-state index contributed by atoms with van der Waals surface area (Å²) in [4.78, 5) is 8.44. The molecule has 3 heterocycles. The average molecular weight is 1070 g/mol. The van der Waals surface area contributed by atoms with Gasteiger partial charge in [0, 0.05) is 50.8 Å². The van der Waals surface area contributed by atoms with Gasteiger partial charge in [0.05, 0.1) is 19.3 Å². The lowest BCUT2D eigenvalue weighted by molar-refractivity contribution is 0.195. The first kappa shape index (κ1) is 53.5. The van der Waals surface area contributed by atoms with Gasteiger partial charge < -0.3 is 14.7 Å². The first-order valence-corrected chi connectivity index (χ1v) is 34.4. The molecule has 0 spiro atoms. The molecule has 3 aliphatic heterocycles. The van der Waals surface area contributed by atoms with E-state index in [9.17, 15) is 0 Å². The molecule has 6 aliphatic rings. The highest BCUT2D eigenvalue weighted by atomic mass is 28.3. The third kappa shape index (κ3) is 7.98. The second-order valence-corrected chi connectivity index (χ2v) is 36.4. The molecule has 0 N–H and O–H groups in total. The molecule has 0 radical (unpaired) electrons. The molecule has 2 atom stereocenters. The minimum Gasteiger partial charge on any atom is -0.334 e. The van der Waals surface area contributed by atoms with Crippen LogP contribution in [0.1, 0.15) is 187 Å². The predicted molar refractivity (Wildman–Crippen MR) is 350 cm³/mol. The highest BCUT2D eigenvalue weighted by Gasteiger charge is 2.58. The van der Waals surface area contributed by atoms with Crippen molar-refractivity contribution in [1.29, 1.82) is 0 Å². The number of benzene rings is 7. The molecule has 7 aromatic carbocycles. The zero-order chi connectivity index (χ0) is 56.6. The fourth-order valence-corrected chi connectivity index (χ4v) is 17.4. The Morgan fingerprint density at radius 2 is 1.07 bits per heavy atom. The average Bonchev–Trinajstić information content (AvgIpc) is 1.54. The van der Waals surface area contributed by atoms with E-state index in [0.717, 1.165) is 12.8 Å². The maximum atomic E-state index is 2.89. The second-order valence-electron chi connectivity index (χ2n) is 31.3. The molecule has 5 heteroatoms. The number of hydrogen-bond donors (Lipinski definition) is 0. The zero-order valence-electron chi connectivity index (χ0n) is 51.9. The second kappa shape index (κ2) is 17.6. The highest BCUT2D eigenvalue weighted by Crippen LogP contribution is 2.62. The van der Waals surface area contributed by atoms with Crippen LogP contribution in [0.2, 0.25) is 19.6 Å². The Morgan fingerprint density at radius 1 is 0.450 bits per heavy atom. The molecular formula is C75H90BN3Si. The van der Waals surface area contributed by atoms with Crippen LogP contribution in [-0.2, 0) is 38.9 Å². The monoisotopic (exact) mass is 1070 g/mol. The topological polar surface area (TPSA) is 9.72 Å². The van der Waals surface area contributed by atoms with E-state index in [1.54, 1.807) is 10.8 Å². The van der Waals surface area contributed by atoms with Crippen LogP contribution in [0.15, 0.2) is 127 Å². The van der Waals surface area contributed by atoms with Crippen LogP contribution in [0, 0.1) is 0 Å². The summed E-state index contributed by atoms with van der Waals surface area (Å²) in [5, 5.41) is 1.56. The van der Waals surface area contributed by atoms with Crippen LogP contribution in [0.25, 0.3) is 11.1 Å². The van der Waals surface area contributed by atoms with Gasteiger partial charge >= 0.3 is 0 Å². The standard InChI is InChI=1S/C75H90BN3Si/c1-69(2,3)50-28-33-62(55(41-50)48-24-19-18-20-25-48)78-65-42-51(70(4,5)6)27-32-60(65)76-61-47-57-49(26-23-35-71(57,7)8)40-64(61)77(52-29-31-56-58(43-52)73(11,12)39-38-72(56,9)10)66-44-53(45-67(78)68(66)76)79-63-34-30-54(80(15,16)17)46-59(63)74(13)36-21-22-37-75(74,79)14/h18-20,24-25,27-34,40-47H,21-23,26,35-39H2,1-17H3. The quantitative estimate of drug-likeness (QED) is 0.159. The van der Waals surface area contributed by atoms with Crippen molar-refractivity contribution >= 4 is 81.9 Å². The molecule has 1 saturated carbocycles. The van der Waals surface area contributed by atoms with Crippen molar-refractivity contribution in [2.75, 3.05) is 14.7 Å². The van der Waals surface area contributed by atoms with E-state index >= 15 is 0 Å². The van der Waals surface area contributed by atoms with Crippen molar-refractivity contribution in [3.63, 3.8) is 0 Å². The first-order valence-electron chi connectivity index (χ1n) is 30.9. The smallest absolute Gasteiger partial charge is 0.252 e. The van der Waals surface area contributed by atoms with Gasteiger partial charge in [-0.1, -0.05) is 200 Å². The molecule has 3 aliphatic carbocycles. The van der Waals surface area contributed by atoms with E-state index in [1.165, 1.54) is 151 Å². The van der Waals surface area contributed by atoms with Crippen LogP contribution in [0.5, 0.6) is 0 Å². The predicted octanol–water partition coefficient (Wildman–Crippen LogP) is 18.3. The Bertz CT molecular complexity index is 3690. The SMILES string of the molecule is CC(C)(C)c1ccc(N2c3cc(C(C)(C)C)ccc3B3c4cc5c(cc4N(c4ccc6c(c4)C(C)(C)CCC6(C)C)c4cc(N6c7ccc([Si](C)(C)C)cc7C7(C)CCCCC67C)cc2c43)CCCC5(C)C)c(-c2ccccc2)c1. The van der Waals surface area contributed by atoms with Crippen molar-refractivity contribution in [2.24, 2.45) is 0 Å². The molecule has 1 fully saturated rings. The Balaban J connectivity index is 1.20. The van der Waals surface area contributed by atoms with E-state index in [1.807, 2.05) is 0 Å². The summed E-state index contributed by atoms with van der Waals surface area (Å²) in [6, 6.07) is 52.6. The molecule has 2 unspecified atom stereocenters. The number of rotatable bonds is 5. The van der Waals surface area contributed by atoms with Crippen LogP contribution in [0.3, 0.4) is 0 Å². The Morgan fingerprint density at radius 3 is 1.77 bits per heavy atom. The molecule has 7 aromatic rings. The molecule has 412 valence electrons. The van der Waals surface area contributed by atoms with Gasteiger partial charge in [0.25, 0.3) is 6.71 Å². The lowest BCUT2D eigenvalue weighted by Gasteiger charge is -2.51. The summed E-state index contributed by atoms with van der Waals surface area (Å²) < 4.78 is 0. The van der Waals surface area contributed by atoms with Gasteiger partial charge in [0.15, 0.2) is 0 Å². The summed E-state index contributed by atoms with van der Waals surface area (Å²) in [6.07, 6.45) is 10.7. The third-order valence-corrected chi connectivity index (χ3v) is 23.7. The maximum Gasteiger partial charge on any atom is 0.252 e. The van der Waals surface area contributed by atoms with E-state index in [-0.39, 0.29) is 44.7 Å². The van der Waals surface area contributed by atoms with Gasteiger partial charge in [0.1, 0.15) is 0 Å². The molecule has 3 nitrogen and oxygen atoms in total. The largest absolute Gasteiger partial charge is 0.334 e. The van der Waals surface area contributed by atoms with E-state index in [2.05, 4.69) is 259 Å². The van der Waals surface area contributed by atoms with E-state index in [4.69, 9.17) is 0 Å². The molecule has 0 saturated heterocycles. The van der Waals surface area contributed by atoms with Gasteiger partial charge in [-0.2, -0.15) is 0 Å². The van der Waals surface area contributed by atoms with Gasteiger partial charge in [0.2, 0.25) is 0 Å². The van der Waals surface area contributed by atoms with Crippen LogP contribution in [-0.4, -0.2) is 20.3 Å². The first-order chi connectivity index (χ1) is 37.5. The van der Waals surface area contributed by atoms with Crippen molar-refractivity contribution in [1.82, 2.24) is 0 Å². The summed E-state index contributed by atoms with van der Waals surface area (Å²) in [5.74, 6) is 0. The van der Waals surface area contributed by atoms with Crippen molar-refractivity contribution < 1.29 is 0 Å².